The Balaban J connectivity index is 1.97. The Bertz CT molecular complexity index is 540. The molecule has 0 bridgehead atoms. The van der Waals surface area contributed by atoms with Crippen LogP contribution in [-0.2, 0) is 16.1 Å². The summed E-state index contributed by atoms with van der Waals surface area (Å²) < 4.78 is 11.1. The highest BCUT2D eigenvalue weighted by molar-refractivity contribution is 5.89. The van der Waals surface area contributed by atoms with Crippen LogP contribution in [0, 0.1) is 0 Å². The van der Waals surface area contributed by atoms with Gasteiger partial charge in [0.15, 0.2) is 0 Å². The molecule has 1 heterocycles. The van der Waals surface area contributed by atoms with Gasteiger partial charge in [0.1, 0.15) is 0 Å². The lowest BCUT2D eigenvalue weighted by atomic mass is 9.95. The molecule has 2 amide bonds. The molecular formula is C17H26N2O3. The highest BCUT2D eigenvalue weighted by atomic mass is 16.5. The minimum Gasteiger partial charge on any atom is -0.380 e. The third-order valence-electron chi connectivity index (χ3n) is 3.88. The molecular weight excluding hydrogens is 280 g/mol. The highest BCUT2D eigenvalue weighted by Gasteiger charge is 2.46. The molecule has 1 aliphatic rings. The van der Waals surface area contributed by atoms with E-state index in [9.17, 15) is 4.79 Å². The molecule has 5 nitrogen and oxygen atoms in total. The average molecular weight is 306 g/mol. The second-order valence-corrected chi connectivity index (χ2v) is 6.95. The number of anilines is 1. The van der Waals surface area contributed by atoms with Crippen molar-refractivity contribution in [3.63, 3.8) is 0 Å². The van der Waals surface area contributed by atoms with Crippen LogP contribution in [0.2, 0.25) is 0 Å². The van der Waals surface area contributed by atoms with E-state index in [-0.39, 0.29) is 23.3 Å². The summed E-state index contributed by atoms with van der Waals surface area (Å²) in [6.07, 6.45) is 0.789. The van der Waals surface area contributed by atoms with Crippen LogP contribution in [0.3, 0.4) is 0 Å². The lowest BCUT2D eigenvalue weighted by Gasteiger charge is -2.27. The van der Waals surface area contributed by atoms with E-state index >= 15 is 0 Å². The van der Waals surface area contributed by atoms with E-state index in [0.29, 0.717) is 6.61 Å². The molecule has 122 valence electrons. The fourth-order valence-corrected chi connectivity index (χ4v) is 3.02. The van der Waals surface area contributed by atoms with Crippen LogP contribution in [0.5, 0.6) is 0 Å². The maximum absolute atomic E-state index is 12.2. The van der Waals surface area contributed by atoms with Gasteiger partial charge in [-0.15, -0.1) is 0 Å². The van der Waals surface area contributed by atoms with Gasteiger partial charge in [0.2, 0.25) is 0 Å². The van der Waals surface area contributed by atoms with Crippen molar-refractivity contribution in [1.82, 2.24) is 5.32 Å². The molecule has 1 fully saturated rings. The van der Waals surface area contributed by atoms with Crippen LogP contribution < -0.4 is 10.6 Å². The topological polar surface area (TPSA) is 59.6 Å². The minimum atomic E-state index is -0.376. The second kappa shape index (κ2) is 6.26. The molecule has 1 saturated heterocycles. The third-order valence-corrected chi connectivity index (χ3v) is 3.88. The Morgan fingerprint density at radius 2 is 2.09 bits per heavy atom. The highest BCUT2D eigenvalue weighted by Crippen LogP contribution is 2.37. The summed E-state index contributed by atoms with van der Waals surface area (Å²) in [5.74, 6) is 0. The lowest BCUT2D eigenvalue weighted by molar-refractivity contribution is -0.0689. The van der Waals surface area contributed by atoms with Crippen molar-refractivity contribution in [2.45, 2.75) is 58.0 Å². The molecule has 1 atom stereocenters. The number of amides is 2. The van der Waals surface area contributed by atoms with Gasteiger partial charge in [0.25, 0.3) is 0 Å². The number of carbonyl (C=O) groups is 1. The van der Waals surface area contributed by atoms with Crippen molar-refractivity contribution in [1.29, 1.82) is 0 Å². The average Bonchev–Trinajstić information content (AvgIpc) is 2.57. The van der Waals surface area contributed by atoms with Crippen molar-refractivity contribution >= 4 is 11.7 Å². The number of hydrogen-bond donors (Lipinski definition) is 2. The zero-order valence-electron chi connectivity index (χ0n) is 14.0. The molecule has 5 heteroatoms. The fourth-order valence-electron chi connectivity index (χ4n) is 3.02. The number of nitrogens with one attached hydrogen (secondary N) is 2. The van der Waals surface area contributed by atoms with Crippen molar-refractivity contribution in [2.24, 2.45) is 0 Å². The predicted molar refractivity (Wildman–Crippen MR) is 87.0 cm³/mol. The molecule has 0 spiro atoms. The van der Waals surface area contributed by atoms with Crippen LogP contribution in [-0.4, -0.2) is 30.4 Å². The summed E-state index contributed by atoms with van der Waals surface area (Å²) in [4.78, 5) is 12.2. The Morgan fingerprint density at radius 1 is 1.36 bits per heavy atom. The van der Waals surface area contributed by atoms with E-state index in [2.05, 4.69) is 10.6 Å². The van der Waals surface area contributed by atoms with Gasteiger partial charge in [0, 0.05) is 12.8 Å². The van der Waals surface area contributed by atoms with Crippen LogP contribution in [0.1, 0.15) is 39.7 Å². The lowest BCUT2D eigenvalue weighted by Crippen LogP contribution is -2.47. The summed E-state index contributed by atoms with van der Waals surface area (Å²) in [6.45, 7) is 8.62. The first-order valence-corrected chi connectivity index (χ1v) is 7.57. The summed E-state index contributed by atoms with van der Waals surface area (Å²) in [7, 11) is 1.65. The van der Waals surface area contributed by atoms with Crippen molar-refractivity contribution in [3.8, 4) is 0 Å². The Kier molecular flexibility index (Phi) is 4.78. The summed E-state index contributed by atoms with van der Waals surface area (Å²) in [5, 5.41) is 5.89. The molecule has 1 aromatic rings. The normalized spacial score (nSPS) is 22.3. The fraction of sp³-hybridized carbons (Fsp3) is 0.588. The zero-order valence-corrected chi connectivity index (χ0v) is 14.0. The number of urea groups is 1. The smallest absolute Gasteiger partial charge is 0.319 e. The number of hydrogen-bond acceptors (Lipinski definition) is 3. The number of ether oxygens (including phenoxy) is 2. The number of methoxy groups -OCH3 is 1. The Morgan fingerprint density at radius 3 is 2.68 bits per heavy atom. The van der Waals surface area contributed by atoms with Gasteiger partial charge in [0.05, 0.1) is 23.9 Å². The summed E-state index contributed by atoms with van der Waals surface area (Å²) >= 11 is 0. The SMILES string of the molecule is COCc1cccc(NC(=O)N[C@H]2CC(C)(C)OC2(C)C)c1. The molecule has 0 radical (unpaired) electrons. The van der Waals surface area contributed by atoms with Gasteiger partial charge in [-0.2, -0.15) is 0 Å². The van der Waals surface area contributed by atoms with Crippen LogP contribution in [0.25, 0.3) is 0 Å². The first kappa shape index (κ1) is 16.8. The Hall–Kier alpha value is -1.59. The maximum Gasteiger partial charge on any atom is 0.319 e. The van der Waals surface area contributed by atoms with E-state index in [1.807, 2.05) is 52.0 Å². The molecule has 1 aliphatic heterocycles. The zero-order chi connectivity index (χ0) is 16.4. The van der Waals surface area contributed by atoms with E-state index in [1.54, 1.807) is 7.11 Å². The van der Waals surface area contributed by atoms with Crippen molar-refractivity contribution in [3.05, 3.63) is 29.8 Å². The first-order valence-electron chi connectivity index (χ1n) is 7.57. The molecule has 1 aromatic carbocycles. The standard InChI is InChI=1S/C17H26N2O3/c1-16(2)10-14(17(3,4)22-16)19-15(20)18-13-8-6-7-12(9-13)11-21-5/h6-9,14H,10-11H2,1-5H3,(H2,18,19,20)/t14-/m0/s1. The van der Waals surface area contributed by atoms with Crippen LogP contribution in [0.15, 0.2) is 24.3 Å². The van der Waals surface area contributed by atoms with Crippen molar-refractivity contribution in [2.75, 3.05) is 12.4 Å². The van der Waals surface area contributed by atoms with Crippen LogP contribution >= 0.6 is 0 Å². The van der Waals surface area contributed by atoms with Gasteiger partial charge in [-0.05, 0) is 51.8 Å². The quantitative estimate of drug-likeness (QED) is 0.897. The number of benzene rings is 1. The predicted octanol–water partition coefficient (Wildman–Crippen LogP) is 3.30. The van der Waals surface area contributed by atoms with E-state index in [0.717, 1.165) is 17.7 Å². The number of carbonyl (C=O) groups excluding carboxylic acids is 1. The van der Waals surface area contributed by atoms with Gasteiger partial charge in [-0.1, -0.05) is 12.1 Å². The molecule has 0 saturated carbocycles. The molecule has 2 rings (SSSR count). The minimum absolute atomic E-state index is 0.0235. The molecule has 0 unspecified atom stereocenters. The van der Waals surface area contributed by atoms with E-state index in [4.69, 9.17) is 9.47 Å². The monoisotopic (exact) mass is 306 g/mol. The van der Waals surface area contributed by atoms with Crippen molar-refractivity contribution < 1.29 is 14.3 Å². The summed E-state index contributed by atoms with van der Waals surface area (Å²) in [6, 6.07) is 7.39. The Labute approximate surface area is 132 Å². The summed E-state index contributed by atoms with van der Waals surface area (Å²) in [5.41, 5.74) is 1.17. The van der Waals surface area contributed by atoms with E-state index < -0.39 is 0 Å². The van der Waals surface area contributed by atoms with Gasteiger partial charge in [-0.3, -0.25) is 0 Å². The maximum atomic E-state index is 12.2. The first-order chi connectivity index (χ1) is 10.2. The van der Waals surface area contributed by atoms with E-state index in [1.165, 1.54) is 0 Å². The van der Waals surface area contributed by atoms with Gasteiger partial charge < -0.3 is 20.1 Å². The third kappa shape index (κ3) is 4.21. The second-order valence-electron chi connectivity index (χ2n) is 6.95. The van der Waals surface area contributed by atoms with Crippen LogP contribution in [0.4, 0.5) is 10.5 Å². The van der Waals surface area contributed by atoms with Gasteiger partial charge in [-0.25, -0.2) is 4.79 Å². The molecule has 0 aromatic heterocycles. The number of rotatable bonds is 4. The largest absolute Gasteiger partial charge is 0.380 e. The molecule has 2 N–H and O–H groups in total. The molecule has 22 heavy (non-hydrogen) atoms. The molecule has 0 aliphatic carbocycles. The van der Waals surface area contributed by atoms with Gasteiger partial charge >= 0.3 is 6.03 Å².